The van der Waals surface area contributed by atoms with Crippen molar-refractivity contribution in [1.82, 2.24) is 15.4 Å². The molecule has 1 aromatic heterocycles. The van der Waals surface area contributed by atoms with Gasteiger partial charge in [-0.05, 0) is 38.1 Å². The molecule has 0 saturated carbocycles. The van der Waals surface area contributed by atoms with Crippen molar-refractivity contribution in [2.45, 2.75) is 32.5 Å². The molecule has 1 saturated heterocycles. The SMILES string of the molecule is CC1CN(Cc2cc(-c3ccc(F)cc3)on2)C(C)C(=O)N1. The van der Waals surface area contributed by atoms with Crippen molar-refractivity contribution in [1.29, 1.82) is 0 Å². The Morgan fingerprint density at radius 3 is 2.82 bits per heavy atom. The van der Waals surface area contributed by atoms with Gasteiger partial charge in [-0.15, -0.1) is 0 Å². The van der Waals surface area contributed by atoms with Crippen LogP contribution in [0.4, 0.5) is 4.39 Å². The van der Waals surface area contributed by atoms with Gasteiger partial charge < -0.3 is 9.84 Å². The Kier molecular flexibility index (Phi) is 3.94. The molecule has 2 aromatic rings. The summed E-state index contributed by atoms with van der Waals surface area (Å²) in [5, 5.41) is 6.97. The number of halogens is 1. The van der Waals surface area contributed by atoms with Crippen LogP contribution in [0.3, 0.4) is 0 Å². The van der Waals surface area contributed by atoms with Crippen molar-refractivity contribution in [2.75, 3.05) is 6.54 Å². The number of rotatable bonds is 3. The molecule has 5 nitrogen and oxygen atoms in total. The molecule has 22 heavy (non-hydrogen) atoms. The first kappa shape index (κ1) is 14.7. The topological polar surface area (TPSA) is 58.4 Å². The molecular formula is C16H18FN3O2. The van der Waals surface area contributed by atoms with E-state index in [2.05, 4.69) is 15.4 Å². The van der Waals surface area contributed by atoms with Crippen molar-refractivity contribution < 1.29 is 13.7 Å². The van der Waals surface area contributed by atoms with Crippen LogP contribution in [-0.4, -0.2) is 34.6 Å². The lowest BCUT2D eigenvalue weighted by Crippen LogP contribution is -2.57. The number of aromatic nitrogens is 1. The first-order valence-corrected chi connectivity index (χ1v) is 7.29. The lowest BCUT2D eigenvalue weighted by molar-refractivity contribution is -0.130. The number of carbonyl (C=O) groups is 1. The first-order chi connectivity index (χ1) is 10.5. The third-order valence-corrected chi connectivity index (χ3v) is 3.88. The number of amides is 1. The summed E-state index contributed by atoms with van der Waals surface area (Å²) >= 11 is 0. The van der Waals surface area contributed by atoms with Gasteiger partial charge in [0.2, 0.25) is 5.91 Å². The van der Waals surface area contributed by atoms with E-state index in [1.807, 2.05) is 19.9 Å². The fourth-order valence-electron chi connectivity index (χ4n) is 2.63. The first-order valence-electron chi connectivity index (χ1n) is 7.29. The molecule has 1 aliphatic rings. The van der Waals surface area contributed by atoms with Gasteiger partial charge in [0, 0.05) is 30.8 Å². The number of carbonyl (C=O) groups excluding carboxylic acids is 1. The van der Waals surface area contributed by atoms with Gasteiger partial charge in [0.15, 0.2) is 5.76 Å². The van der Waals surface area contributed by atoms with Crippen LogP contribution in [0.2, 0.25) is 0 Å². The summed E-state index contributed by atoms with van der Waals surface area (Å²) in [6.07, 6.45) is 0. The quantitative estimate of drug-likeness (QED) is 0.944. The molecule has 116 valence electrons. The summed E-state index contributed by atoms with van der Waals surface area (Å²) in [7, 11) is 0. The van der Waals surface area contributed by atoms with Crippen LogP contribution in [0, 0.1) is 5.82 Å². The molecule has 2 unspecified atom stereocenters. The molecule has 1 amide bonds. The van der Waals surface area contributed by atoms with Crippen LogP contribution in [0.25, 0.3) is 11.3 Å². The maximum atomic E-state index is 12.9. The minimum Gasteiger partial charge on any atom is -0.356 e. The molecule has 0 radical (unpaired) electrons. The molecule has 3 rings (SSSR count). The molecule has 2 atom stereocenters. The highest BCUT2D eigenvalue weighted by Crippen LogP contribution is 2.22. The zero-order chi connectivity index (χ0) is 15.7. The van der Waals surface area contributed by atoms with Crippen LogP contribution in [-0.2, 0) is 11.3 Å². The third-order valence-electron chi connectivity index (χ3n) is 3.88. The van der Waals surface area contributed by atoms with E-state index in [9.17, 15) is 9.18 Å². The fourth-order valence-corrected chi connectivity index (χ4v) is 2.63. The van der Waals surface area contributed by atoms with Crippen molar-refractivity contribution in [3.05, 3.63) is 41.8 Å². The number of nitrogens with one attached hydrogen (secondary N) is 1. The highest BCUT2D eigenvalue weighted by atomic mass is 19.1. The zero-order valence-electron chi connectivity index (χ0n) is 12.5. The zero-order valence-corrected chi connectivity index (χ0v) is 12.5. The van der Waals surface area contributed by atoms with Crippen molar-refractivity contribution in [3.63, 3.8) is 0 Å². The second-order valence-corrected chi connectivity index (χ2v) is 5.70. The summed E-state index contributed by atoms with van der Waals surface area (Å²) in [5.74, 6) is 0.337. The normalized spacial score (nSPS) is 22.6. The number of piperazine rings is 1. The Morgan fingerprint density at radius 2 is 2.09 bits per heavy atom. The van der Waals surface area contributed by atoms with Gasteiger partial charge in [-0.3, -0.25) is 9.69 Å². The third kappa shape index (κ3) is 3.01. The molecule has 0 spiro atoms. The van der Waals surface area contributed by atoms with Gasteiger partial charge in [-0.25, -0.2) is 4.39 Å². The molecule has 0 aliphatic carbocycles. The second kappa shape index (κ2) is 5.88. The molecule has 1 aromatic carbocycles. The lowest BCUT2D eigenvalue weighted by atomic mass is 10.1. The van der Waals surface area contributed by atoms with Gasteiger partial charge in [0.25, 0.3) is 0 Å². The Hall–Kier alpha value is -2.21. The van der Waals surface area contributed by atoms with Gasteiger partial charge in [0.05, 0.1) is 11.7 Å². The van der Waals surface area contributed by atoms with Gasteiger partial charge in [-0.1, -0.05) is 5.16 Å². The predicted molar refractivity (Wildman–Crippen MR) is 79.4 cm³/mol. The molecule has 6 heteroatoms. The molecule has 0 bridgehead atoms. The van der Waals surface area contributed by atoms with E-state index in [0.29, 0.717) is 12.3 Å². The van der Waals surface area contributed by atoms with E-state index >= 15 is 0 Å². The minimum absolute atomic E-state index is 0.0287. The van der Waals surface area contributed by atoms with Gasteiger partial charge >= 0.3 is 0 Å². The van der Waals surface area contributed by atoms with E-state index in [0.717, 1.165) is 17.8 Å². The average molecular weight is 303 g/mol. The van der Waals surface area contributed by atoms with Crippen LogP contribution >= 0.6 is 0 Å². The molecule has 1 aliphatic heterocycles. The summed E-state index contributed by atoms with van der Waals surface area (Å²) in [5.41, 5.74) is 1.53. The summed E-state index contributed by atoms with van der Waals surface area (Å²) in [6, 6.07) is 7.83. The Bertz CT molecular complexity index is 668. The molecule has 1 N–H and O–H groups in total. The van der Waals surface area contributed by atoms with Crippen molar-refractivity contribution >= 4 is 5.91 Å². The fraction of sp³-hybridized carbons (Fsp3) is 0.375. The predicted octanol–water partition coefficient (Wildman–Crippen LogP) is 2.19. The van der Waals surface area contributed by atoms with Crippen LogP contribution in [0.1, 0.15) is 19.5 Å². The van der Waals surface area contributed by atoms with Gasteiger partial charge in [0.1, 0.15) is 5.82 Å². The Labute approximate surface area is 128 Å². The summed E-state index contributed by atoms with van der Waals surface area (Å²) < 4.78 is 18.3. The molecule has 1 fully saturated rings. The van der Waals surface area contributed by atoms with E-state index in [1.165, 1.54) is 12.1 Å². The van der Waals surface area contributed by atoms with Crippen LogP contribution in [0.15, 0.2) is 34.9 Å². The standard InChI is InChI=1S/C16H18FN3O2/c1-10-8-20(11(2)16(21)18-10)9-14-7-15(22-19-14)12-3-5-13(17)6-4-12/h3-7,10-11H,8-9H2,1-2H3,(H,18,21). The number of hydrogen-bond acceptors (Lipinski definition) is 4. The maximum absolute atomic E-state index is 12.9. The Balaban J connectivity index is 1.74. The van der Waals surface area contributed by atoms with E-state index in [1.54, 1.807) is 12.1 Å². The smallest absolute Gasteiger partial charge is 0.237 e. The number of hydrogen-bond donors (Lipinski definition) is 1. The second-order valence-electron chi connectivity index (χ2n) is 5.70. The summed E-state index contributed by atoms with van der Waals surface area (Å²) in [6.45, 7) is 5.17. The van der Waals surface area contributed by atoms with E-state index in [4.69, 9.17) is 4.52 Å². The minimum atomic E-state index is -0.286. The van der Waals surface area contributed by atoms with Crippen molar-refractivity contribution in [3.8, 4) is 11.3 Å². The van der Waals surface area contributed by atoms with E-state index in [-0.39, 0.29) is 23.8 Å². The molecular weight excluding hydrogens is 285 g/mol. The lowest BCUT2D eigenvalue weighted by Gasteiger charge is -2.35. The summed E-state index contributed by atoms with van der Waals surface area (Å²) in [4.78, 5) is 13.9. The average Bonchev–Trinajstić information content (AvgIpc) is 2.93. The van der Waals surface area contributed by atoms with Gasteiger partial charge in [-0.2, -0.15) is 0 Å². The van der Waals surface area contributed by atoms with Crippen molar-refractivity contribution in [2.24, 2.45) is 0 Å². The maximum Gasteiger partial charge on any atom is 0.237 e. The van der Waals surface area contributed by atoms with Crippen LogP contribution in [0.5, 0.6) is 0 Å². The number of benzene rings is 1. The molecule has 2 heterocycles. The highest BCUT2D eigenvalue weighted by Gasteiger charge is 2.29. The highest BCUT2D eigenvalue weighted by molar-refractivity contribution is 5.82. The van der Waals surface area contributed by atoms with E-state index < -0.39 is 0 Å². The monoisotopic (exact) mass is 303 g/mol. The Morgan fingerprint density at radius 1 is 1.36 bits per heavy atom. The largest absolute Gasteiger partial charge is 0.356 e. The number of nitrogens with zero attached hydrogens (tertiary/aromatic N) is 2. The van der Waals surface area contributed by atoms with Crippen LogP contribution < -0.4 is 5.32 Å².